The quantitative estimate of drug-likeness (QED) is 0.162. The number of hydrogen-bond donors (Lipinski definition) is 0. The smallest absolute Gasteiger partial charge is 0.344 e. The van der Waals surface area contributed by atoms with Gasteiger partial charge in [0.2, 0.25) is 0 Å². The van der Waals surface area contributed by atoms with Crippen LogP contribution in [0.3, 0.4) is 0 Å². The second-order valence-electron chi connectivity index (χ2n) is 2.26. The molecule has 0 N–H and O–H groups in total. The van der Waals surface area contributed by atoms with E-state index in [0.717, 1.165) is 6.26 Å². The highest BCUT2D eigenvalue weighted by Gasteiger charge is 2.15. The van der Waals surface area contributed by atoms with Crippen molar-refractivity contribution in [3.05, 3.63) is 11.8 Å². The van der Waals surface area contributed by atoms with Crippen molar-refractivity contribution in [1.29, 1.82) is 0 Å². The number of esters is 1. The van der Waals surface area contributed by atoms with Crippen molar-refractivity contribution >= 4 is 11.8 Å². The molecule has 0 aromatic carbocycles. The average Bonchev–Trinajstić information content (AvgIpc) is 2.05. The van der Waals surface area contributed by atoms with E-state index in [1.807, 2.05) is 0 Å². The normalized spacial score (nSPS) is 10.8. The Hall–Kier alpha value is -1.32. The summed E-state index contributed by atoms with van der Waals surface area (Å²) in [5, 5.41) is 0. The molecule has 4 heteroatoms. The fourth-order valence-electron chi connectivity index (χ4n) is 0.650. The molecule has 13 heavy (non-hydrogen) atoms. The third-order valence-corrected chi connectivity index (χ3v) is 1.24. The van der Waals surface area contributed by atoms with Gasteiger partial charge in [-0.3, -0.25) is 4.79 Å². The molecule has 0 radical (unpaired) electrons. The molecule has 0 rings (SSSR count). The van der Waals surface area contributed by atoms with E-state index in [1.165, 1.54) is 6.92 Å². The molecule has 74 valence electrons. The SMILES string of the molecule is CCO/C=[13C](\[13C]([13CH3])=O)[13C](=O)OCC. The maximum Gasteiger partial charge on any atom is 0.344 e. The topological polar surface area (TPSA) is 52.6 Å². The highest BCUT2D eigenvalue weighted by molar-refractivity contribution is 6.16. The maximum absolute atomic E-state index is 11.1. The van der Waals surface area contributed by atoms with Gasteiger partial charge in [-0.15, -0.1) is 0 Å². The fourth-order valence-corrected chi connectivity index (χ4v) is 0.650. The van der Waals surface area contributed by atoms with Gasteiger partial charge in [-0.05, 0) is 20.8 Å². The van der Waals surface area contributed by atoms with Crippen molar-refractivity contribution in [2.24, 2.45) is 0 Å². The predicted molar refractivity (Wildman–Crippen MR) is 47.0 cm³/mol. The van der Waals surface area contributed by atoms with E-state index in [0.29, 0.717) is 6.61 Å². The Morgan fingerprint density at radius 1 is 1.23 bits per heavy atom. The molecule has 0 aliphatic carbocycles. The van der Waals surface area contributed by atoms with Crippen LogP contribution < -0.4 is 0 Å². The third kappa shape index (κ3) is 4.30. The number of carbonyl (C=O) groups excluding carboxylic acids is 2. The van der Waals surface area contributed by atoms with Gasteiger partial charge in [-0.2, -0.15) is 0 Å². The minimum absolute atomic E-state index is 0.0521. The second kappa shape index (κ2) is 6.22. The maximum atomic E-state index is 11.1. The van der Waals surface area contributed by atoms with Gasteiger partial charge >= 0.3 is 5.97 Å². The van der Waals surface area contributed by atoms with Gasteiger partial charge in [0, 0.05) is 0 Å². The lowest BCUT2D eigenvalue weighted by Crippen LogP contribution is -2.14. The minimum atomic E-state index is -0.636. The molecule has 0 fully saturated rings. The summed E-state index contributed by atoms with van der Waals surface area (Å²) in [5.74, 6) is -0.990. The monoisotopic (exact) mass is 190 g/mol. The number of hydrogen-bond acceptors (Lipinski definition) is 4. The largest absolute Gasteiger partial charge is 0.500 e. The van der Waals surface area contributed by atoms with E-state index in [4.69, 9.17) is 4.74 Å². The lowest BCUT2D eigenvalue weighted by molar-refractivity contribution is -0.140. The standard InChI is InChI=1S/C9H14O4/c1-4-12-6-8(7(3)10)9(11)13-5-2/h6H,4-5H2,1-3H3/b8-6+/i3+1,7+1,8+1,9+1. The first-order chi connectivity index (χ1) is 6.13. The van der Waals surface area contributed by atoms with Gasteiger partial charge < -0.3 is 9.47 Å². The molecule has 0 aromatic heterocycles. The lowest BCUT2D eigenvalue weighted by Gasteiger charge is -2.03. The summed E-state index contributed by atoms with van der Waals surface area (Å²) in [4.78, 5) is 22.0. The minimum Gasteiger partial charge on any atom is -0.500 e. The van der Waals surface area contributed by atoms with Crippen LogP contribution in [-0.2, 0) is 19.1 Å². The van der Waals surface area contributed by atoms with Gasteiger partial charge in [0.05, 0.1) is 13.2 Å². The van der Waals surface area contributed by atoms with Crippen LogP contribution in [0.2, 0.25) is 0 Å². The summed E-state index contributed by atoms with van der Waals surface area (Å²) in [7, 11) is 0. The predicted octanol–water partition coefficient (Wildman–Crippen LogP) is 1.06. The molecule has 0 spiro atoms. The van der Waals surface area contributed by atoms with E-state index in [1.54, 1.807) is 13.8 Å². The summed E-state index contributed by atoms with van der Waals surface area (Å²) in [5.41, 5.74) is -0.0521. The van der Waals surface area contributed by atoms with Crippen molar-refractivity contribution < 1.29 is 19.1 Å². The van der Waals surface area contributed by atoms with E-state index in [9.17, 15) is 9.59 Å². The van der Waals surface area contributed by atoms with Crippen LogP contribution in [0, 0.1) is 0 Å². The molecule has 0 aliphatic rings. The van der Waals surface area contributed by atoms with Crippen LogP contribution in [-0.4, -0.2) is 25.0 Å². The summed E-state index contributed by atoms with van der Waals surface area (Å²) in [6.45, 7) is 5.39. The van der Waals surface area contributed by atoms with Crippen LogP contribution in [0.4, 0.5) is 0 Å². The molecule has 0 saturated carbocycles. The van der Waals surface area contributed by atoms with Crippen LogP contribution in [0.5, 0.6) is 0 Å². The van der Waals surface area contributed by atoms with Gasteiger partial charge in [-0.1, -0.05) is 0 Å². The highest BCUT2D eigenvalue weighted by Crippen LogP contribution is 2.00. The van der Waals surface area contributed by atoms with Crippen LogP contribution in [0.15, 0.2) is 11.8 Å². The first-order valence-corrected chi connectivity index (χ1v) is 4.13. The fraction of sp³-hybridized carbons (Fsp3) is 0.556. The Morgan fingerprint density at radius 3 is 2.23 bits per heavy atom. The van der Waals surface area contributed by atoms with Gasteiger partial charge in [0.25, 0.3) is 0 Å². The van der Waals surface area contributed by atoms with Crippen molar-refractivity contribution in [1.82, 2.24) is 0 Å². The molecule has 0 aromatic rings. The molecule has 4 nitrogen and oxygen atoms in total. The van der Waals surface area contributed by atoms with Gasteiger partial charge in [0.1, 0.15) is 11.8 Å². The molecule has 0 heterocycles. The summed E-state index contributed by atoms with van der Waals surface area (Å²) >= 11 is 0. The Kier molecular flexibility index (Phi) is 5.59. The number of ether oxygens (including phenoxy) is 2. The summed E-state index contributed by atoms with van der Waals surface area (Å²) < 4.78 is 9.50. The Balaban J connectivity index is 4.41. The number of rotatable bonds is 5. The first kappa shape index (κ1) is 11.7. The third-order valence-electron chi connectivity index (χ3n) is 1.24. The van der Waals surface area contributed by atoms with Crippen molar-refractivity contribution in [3.8, 4) is 0 Å². The van der Waals surface area contributed by atoms with Crippen LogP contribution in [0.25, 0.3) is 0 Å². The van der Waals surface area contributed by atoms with Crippen LogP contribution >= 0.6 is 0 Å². The van der Waals surface area contributed by atoms with E-state index >= 15 is 0 Å². The van der Waals surface area contributed by atoms with Crippen molar-refractivity contribution in [2.45, 2.75) is 20.8 Å². The zero-order valence-corrected chi connectivity index (χ0v) is 8.12. The van der Waals surface area contributed by atoms with E-state index in [2.05, 4.69) is 4.74 Å². The van der Waals surface area contributed by atoms with E-state index in [-0.39, 0.29) is 18.0 Å². The molecule has 0 saturated heterocycles. The molecule has 0 bridgehead atoms. The zero-order valence-electron chi connectivity index (χ0n) is 8.12. The zero-order chi connectivity index (χ0) is 10.3. The highest BCUT2D eigenvalue weighted by atomic mass is 16.6. The molecular formula is C9H14O4. The van der Waals surface area contributed by atoms with Gasteiger partial charge in [0.15, 0.2) is 5.78 Å². The Morgan fingerprint density at radius 2 is 1.85 bits per heavy atom. The Labute approximate surface area is 77.5 Å². The van der Waals surface area contributed by atoms with Crippen LogP contribution in [0.1, 0.15) is 20.8 Å². The lowest BCUT2D eigenvalue weighted by atomic mass is 10.9. The number of ketones is 1. The summed E-state index contributed by atoms with van der Waals surface area (Å²) in [6, 6.07) is 0. The van der Waals surface area contributed by atoms with Gasteiger partial charge in [-0.25, -0.2) is 4.79 Å². The van der Waals surface area contributed by atoms with Crippen molar-refractivity contribution in [2.75, 3.05) is 13.2 Å². The van der Waals surface area contributed by atoms with Crippen molar-refractivity contribution in [3.63, 3.8) is 0 Å². The molecule has 0 unspecified atom stereocenters. The molecular weight excluding hydrogens is 176 g/mol. The van der Waals surface area contributed by atoms with E-state index < -0.39 is 5.97 Å². The number of Topliss-reactive ketones (excluding diaryl/α,β-unsaturated/α-hetero) is 1. The molecule has 0 atom stereocenters. The second-order valence-corrected chi connectivity index (χ2v) is 2.26. The summed E-state index contributed by atoms with van der Waals surface area (Å²) in [6.07, 6.45) is 1.14. The molecule has 0 aliphatic heterocycles. The molecule has 0 amide bonds. The number of carbonyl (C=O) groups is 2. The Bertz CT molecular complexity index is 218. The first-order valence-electron chi connectivity index (χ1n) is 4.13. The average molecular weight is 190 g/mol.